The number of unbranched alkanes of at least 4 members (excludes halogenated alkanes) is 3. The summed E-state index contributed by atoms with van der Waals surface area (Å²) in [5, 5.41) is 24.8. The van der Waals surface area contributed by atoms with Gasteiger partial charge in [-0.1, -0.05) is 26.2 Å². The van der Waals surface area contributed by atoms with E-state index < -0.39 is 9.85 Å². The summed E-state index contributed by atoms with van der Waals surface area (Å²) < 4.78 is 70.6. The van der Waals surface area contributed by atoms with Gasteiger partial charge in [0.1, 0.15) is 12.3 Å². The lowest BCUT2D eigenvalue weighted by molar-refractivity contribution is -0.393. The minimum atomic E-state index is -0.683. The molecule has 1 rings (SSSR count). The first-order valence-electron chi connectivity index (χ1n) is 20.7. The molecule has 1 aromatic carbocycles. The maximum absolute atomic E-state index is 11.6. The van der Waals surface area contributed by atoms with E-state index in [1.54, 1.807) is 0 Å². The second kappa shape index (κ2) is 42.5. The van der Waals surface area contributed by atoms with E-state index in [9.17, 15) is 25.0 Å². The average Bonchev–Trinajstić information content (AvgIpc) is 3.24. The molecule has 0 amide bonds. The van der Waals surface area contributed by atoms with E-state index in [1.165, 1.54) is 12.1 Å². The second-order valence-corrected chi connectivity index (χ2v) is 12.5. The van der Waals surface area contributed by atoms with Crippen LogP contribution in [0.15, 0.2) is 18.2 Å². The molecule has 21 heteroatoms. The molecule has 0 aliphatic heterocycles. The van der Waals surface area contributed by atoms with Crippen LogP contribution < -0.4 is 5.32 Å². The molecule has 21 nitrogen and oxygen atoms in total. The Labute approximate surface area is 353 Å². The maximum atomic E-state index is 11.6. The van der Waals surface area contributed by atoms with Gasteiger partial charge in [-0.25, -0.2) is 0 Å². The number of esters is 1. The summed E-state index contributed by atoms with van der Waals surface area (Å²) in [7, 11) is 0. The smallest absolute Gasteiger partial charge is 0.305 e. The molecule has 1 N–H and O–H groups in total. The van der Waals surface area contributed by atoms with Gasteiger partial charge in [0.2, 0.25) is 0 Å². The SMILES string of the molecule is CCCCCCC(=O)OCCOCCOCCOCCOCCOCCOCCOCCOCCOCCOCCOCCOCCNc1ccc([N+](=O)[O-])cc1[N+](=O)[O-]. The molecule has 348 valence electrons. The summed E-state index contributed by atoms with van der Waals surface area (Å²) in [6.07, 6.45) is 4.70. The van der Waals surface area contributed by atoms with Gasteiger partial charge in [0, 0.05) is 19.0 Å². The van der Waals surface area contributed by atoms with Crippen molar-refractivity contribution in [2.24, 2.45) is 0 Å². The highest BCUT2D eigenvalue weighted by molar-refractivity contribution is 5.69. The lowest BCUT2D eigenvalue weighted by atomic mass is 10.2. The zero-order valence-electron chi connectivity index (χ0n) is 35.4. The van der Waals surface area contributed by atoms with Crippen molar-refractivity contribution in [1.82, 2.24) is 0 Å². The Morgan fingerprint density at radius 1 is 0.483 bits per heavy atom. The summed E-state index contributed by atoms with van der Waals surface area (Å²) in [5.74, 6) is -0.164. The number of carbonyl (C=O) groups is 1. The quantitative estimate of drug-likeness (QED) is 0.0426. The van der Waals surface area contributed by atoms with Crippen molar-refractivity contribution in [2.45, 2.75) is 39.0 Å². The van der Waals surface area contributed by atoms with Gasteiger partial charge < -0.3 is 66.9 Å². The molecule has 0 unspecified atom stereocenters. The van der Waals surface area contributed by atoms with Gasteiger partial charge in [-0.05, 0) is 12.5 Å². The van der Waals surface area contributed by atoms with Crippen LogP contribution in [0.25, 0.3) is 0 Å². The van der Waals surface area contributed by atoms with Crippen LogP contribution in [0.3, 0.4) is 0 Å². The Hall–Kier alpha value is -3.19. The molecular weight excluding hydrogens is 798 g/mol. The highest BCUT2D eigenvalue weighted by Gasteiger charge is 2.19. The topological polar surface area (TPSA) is 235 Å². The number of ether oxygens (including phenoxy) is 13. The summed E-state index contributed by atoms with van der Waals surface area (Å²) >= 11 is 0. The zero-order valence-corrected chi connectivity index (χ0v) is 35.4. The molecular formula is C39H69N3O18. The number of hydrogen-bond acceptors (Lipinski definition) is 19. The van der Waals surface area contributed by atoms with E-state index in [2.05, 4.69) is 12.2 Å². The molecule has 0 saturated carbocycles. The first kappa shape index (κ1) is 54.8. The summed E-state index contributed by atoms with van der Waals surface area (Å²) in [6, 6.07) is 3.42. The molecule has 0 fully saturated rings. The number of nitrogens with one attached hydrogen (secondary N) is 1. The minimum absolute atomic E-state index is 0.164. The highest BCUT2D eigenvalue weighted by Crippen LogP contribution is 2.28. The normalized spacial score (nSPS) is 11.3. The van der Waals surface area contributed by atoms with E-state index in [-0.39, 0.29) is 42.8 Å². The number of anilines is 1. The van der Waals surface area contributed by atoms with Crippen LogP contribution in [0.4, 0.5) is 17.1 Å². The summed E-state index contributed by atoms with van der Waals surface area (Å²) in [4.78, 5) is 32.2. The van der Waals surface area contributed by atoms with Gasteiger partial charge >= 0.3 is 5.97 Å². The van der Waals surface area contributed by atoms with Crippen molar-refractivity contribution in [2.75, 3.05) is 177 Å². The predicted molar refractivity (Wildman–Crippen MR) is 218 cm³/mol. The zero-order chi connectivity index (χ0) is 43.4. The standard InChI is InChI=1S/C39H69N3O18/c1-2-3-4-5-6-39(43)60-34-33-59-32-31-58-30-29-57-28-27-56-26-25-55-24-23-54-22-21-53-20-19-52-18-17-51-16-15-50-14-13-49-12-11-48-10-9-40-37-8-7-36(41(44)45)35-38(37)42(46)47/h7-8,35,40H,2-6,9-34H2,1H3. The molecule has 0 spiro atoms. The van der Waals surface area contributed by atoms with Crippen LogP contribution >= 0.6 is 0 Å². The lowest BCUT2D eigenvalue weighted by Gasteiger charge is -2.09. The van der Waals surface area contributed by atoms with Gasteiger partial charge in [0.05, 0.1) is 174 Å². The number of nitro groups is 2. The maximum Gasteiger partial charge on any atom is 0.305 e. The Bertz CT molecular complexity index is 1170. The number of nitrogens with zero attached hydrogens (tertiary/aromatic N) is 2. The van der Waals surface area contributed by atoms with Crippen LogP contribution in [0.5, 0.6) is 0 Å². The third-order valence-electron chi connectivity index (χ3n) is 7.77. The lowest BCUT2D eigenvalue weighted by Crippen LogP contribution is -2.16. The summed E-state index contributed by atoms with van der Waals surface area (Å²) in [5.41, 5.74) is -0.537. The molecule has 0 radical (unpaired) electrons. The number of benzene rings is 1. The molecule has 0 bridgehead atoms. The highest BCUT2D eigenvalue weighted by atomic mass is 16.6. The Balaban J connectivity index is 1.68. The Morgan fingerprint density at radius 2 is 0.833 bits per heavy atom. The molecule has 0 saturated heterocycles. The van der Waals surface area contributed by atoms with Crippen molar-refractivity contribution in [3.63, 3.8) is 0 Å². The van der Waals surface area contributed by atoms with E-state index in [0.29, 0.717) is 158 Å². The molecule has 0 heterocycles. The molecule has 0 aliphatic rings. The van der Waals surface area contributed by atoms with Crippen LogP contribution in [0, 0.1) is 20.2 Å². The van der Waals surface area contributed by atoms with Crippen LogP contribution in [0.1, 0.15) is 39.0 Å². The summed E-state index contributed by atoms with van der Waals surface area (Å²) in [6.45, 7) is 13.1. The van der Waals surface area contributed by atoms with Crippen molar-refractivity contribution in [1.29, 1.82) is 0 Å². The van der Waals surface area contributed by atoms with Gasteiger partial charge in [0.15, 0.2) is 0 Å². The Morgan fingerprint density at radius 3 is 1.17 bits per heavy atom. The van der Waals surface area contributed by atoms with Gasteiger partial charge in [-0.2, -0.15) is 0 Å². The van der Waals surface area contributed by atoms with E-state index in [4.69, 9.17) is 61.6 Å². The molecule has 0 aliphatic carbocycles. The van der Waals surface area contributed by atoms with Crippen molar-refractivity contribution in [3.8, 4) is 0 Å². The fraction of sp³-hybridized carbons (Fsp3) is 0.821. The number of nitro benzene ring substituents is 2. The third kappa shape index (κ3) is 35.6. The van der Waals surface area contributed by atoms with Gasteiger partial charge in [0.25, 0.3) is 11.4 Å². The number of carbonyl (C=O) groups excluding carboxylic acids is 1. The van der Waals surface area contributed by atoms with E-state index in [0.717, 1.165) is 31.7 Å². The molecule has 60 heavy (non-hydrogen) atoms. The predicted octanol–water partition coefficient (Wildman–Crippen LogP) is 3.63. The average molecular weight is 868 g/mol. The monoisotopic (exact) mass is 867 g/mol. The van der Waals surface area contributed by atoms with Crippen LogP contribution in [-0.2, 0) is 66.4 Å². The number of non-ortho nitro benzene ring substituents is 1. The minimum Gasteiger partial charge on any atom is -0.463 e. The number of rotatable bonds is 47. The van der Waals surface area contributed by atoms with Gasteiger partial charge in [-0.15, -0.1) is 0 Å². The molecule has 0 atom stereocenters. The van der Waals surface area contributed by atoms with Crippen molar-refractivity contribution in [3.05, 3.63) is 38.4 Å². The first-order chi connectivity index (χ1) is 29.5. The number of hydrogen-bond donors (Lipinski definition) is 1. The van der Waals surface area contributed by atoms with Crippen molar-refractivity contribution < 1.29 is 76.2 Å². The first-order valence-corrected chi connectivity index (χ1v) is 20.7. The van der Waals surface area contributed by atoms with E-state index in [1.807, 2.05) is 0 Å². The van der Waals surface area contributed by atoms with Gasteiger partial charge in [-0.3, -0.25) is 25.0 Å². The second-order valence-electron chi connectivity index (χ2n) is 12.5. The van der Waals surface area contributed by atoms with Crippen molar-refractivity contribution >= 4 is 23.0 Å². The molecule has 0 aromatic heterocycles. The fourth-order valence-corrected chi connectivity index (χ4v) is 4.70. The Kier molecular flexibility index (Phi) is 38.8. The fourth-order valence-electron chi connectivity index (χ4n) is 4.70. The molecule has 1 aromatic rings. The van der Waals surface area contributed by atoms with Crippen LogP contribution in [-0.4, -0.2) is 188 Å². The van der Waals surface area contributed by atoms with E-state index >= 15 is 0 Å². The third-order valence-corrected chi connectivity index (χ3v) is 7.77. The largest absolute Gasteiger partial charge is 0.463 e. The van der Waals surface area contributed by atoms with Crippen LogP contribution in [0.2, 0.25) is 0 Å².